The summed E-state index contributed by atoms with van der Waals surface area (Å²) in [6.45, 7) is 2.04. The molecule has 1 aliphatic heterocycles. The van der Waals surface area contributed by atoms with Crippen molar-refractivity contribution in [2.75, 3.05) is 13.1 Å². The second-order valence-electron chi connectivity index (χ2n) is 8.47. The summed E-state index contributed by atoms with van der Waals surface area (Å²) in [6, 6.07) is 15.0. The maximum absolute atomic E-state index is 12.9. The van der Waals surface area contributed by atoms with Gasteiger partial charge in [0.25, 0.3) is 0 Å². The van der Waals surface area contributed by atoms with Crippen LogP contribution in [0, 0.1) is 5.92 Å². The molecule has 1 saturated heterocycles. The molecule has 4 rings (SSSR count). The van der Waals surface area contributed by atoms with Gasteiger partial charge in [0.05, 0.1) is 5.02 Å². The van der Waals surface area contributed by atoms with Crippen molar-refractivity contribution in [3.05, 3.63) is 64.1 Å². The van der Waals surface area contributed by atoms with Gasteiger partial charge in [0.2, 0.25) is 10.0 Å². The first-order valence-electron chi connectivity index (χ1n) is 10.7. The number of benzene rings is 2. The number of halogens is 2. The van der Waals surface area contributed by atoms with Crippen LogP contribution in [0.2, 0.25) is 10.0 Å². The number of likely N-dealkylation sites (tertiary alicyclic amines) is 1. The Hall–Kier alpha value is -1.11. The Morgan fingerprint density at radius 2 is 1.63 bits per heavy atom. The van der Waals surface area contributed by atoms with Crippen molar-refractivity contribution in [2.45, 2.75) is 55.5 Å². The lowest BCUT2D eigenvalue weighted by Crippen LogP contribution is -2.51. The molecule has 0 radical (unpaired) electrons. The Bertz CT molecular complexity index is 957. The molecule has 1 N–H and O–H groups in total. The predicted molar refractivity (Wildman–Crippen MR) is 123 cm³/mol. The van der Waals surface area contributed by atoms with Gasteiger partial charge in [-0.3, -0.25) is 4.90 Å². The van der Waals surface area contributed by atoms with Gasteiger partial charge in [-0.2, -0.15) is 0 Å². The quantitative estimate of drug-likeness (QED) is 0.640. The van der Waals surface area contributed by atoms with E-state index >= 15 is 0 Å². The smallest absolute Gasteiger partial charge is 0.242 e. The second-order valence-corrected chi connectivity index (χ2v) is 11.0. The summed E-state index contributed by atoms with van der Waals surface area (Å²) in [4.78, 5) is 2.66. The van der Waals surface area contributed by atoms with E-state index in [1.54, 1.807) is 24.3 Å². The van der Waals surface area contributed by atoms with Crippen molar-refractivity contribution in [2.24, 2.45) is 5.92 Å². The SMILES string of the molecule is O=S(=O)(NC1CCCC1N1CCC(Cc2ccc(Cl)cc2)CC1)c1ccccc1Cl. The summed E-state index contributed by atoms with van der Waals surface area (Å²) in [7, 11) is -3.62. The average Bonchev–Trinajstić information content (AvgIpc) is 3.18. The van der Waals surface area contributed by atoms with Crippen LogP contribution in [0.1, 0.15) is 37.7 Å². The molecular formula is C23H28Cl2N2O2S. The number of rotatable bonds is 6. The van der Waals surface area contributed by atoms with E-state index in [1.807, 2.05) is 12.1 Å². The first-order valence-corrected chi connectivity index (χ1v) is 12.9. The molecule has 1 heterocycles. The average molecular weight is 467 g/mol. The summed E-state index contributed by atoms with van der Waals surface area (Å²) in [5, 5.41) is 1.04. The number of hydrogen-bond acceptors (Lipinski definition) is 3. The molecule has 0 amide bonds. The zero-order valence-corrected chi connectivity index (χ0v) is 19.3. The van der Waals surface area contributed by atoms with Gasteiger partial charge in [-0.25, -0.2) is 13.1 Å². The van der Waals surface area contributed by atoms with Crippen LogP contribution >= 0.6 is 23.2 Å². The van der Waals surface area contributed by atoms with Crippen LogP contribution in [-0.2, 0) is 16.4 Å². The maximum atomic E-state index is 12.9. The van der Waals surface area contributed by atoms with Crippen LogP contribution in [0.5, 0.6) is 0 Å². The molecule has 7 heteroatoms. The normalized spacial score (nSPS) is 23.7. The zero-order valence-electron chi connectivity index (χ0n) is 16.9. The molecule has 2 aromatic carbocycles. The lowest BCUT2D eigenvalue weighted by Gasteiger charge is -2.38. The Morgan fingerprint density at radius 3 is 2.33 bits per heavy atom. The Labute approximate surface area is 189 Å². The van der Waals surface area contributed by atoms with Crippen molar-refractivity contribution in [1.82, 2.24) is 9.62 Å². The maximum Gasteiger partial charge on any atom is 0.242 e. The van der Waals surface area contributed by atoms with Gasteiger partial charge in [0.1, 0.15) is 4.90 Å². The number of hydrogen-bond donors (Lipinski definition) is 1. The third kappa shape index (κ3) is 5.20. The summed E-state index contributed by atoms with van der Waals surface area (Å²) >= 11 is 12.1. The molecular weight excluding hydrogens is 439 g/mol. The van der Waals surface area contributed by atoms with Crippen LogP contribution in [0.15, 0.2) is 53.4 Å². The number of nitrogens with one attached hydrogen (secondary N) is 1. The fraction of sp³-hybridized carbons (Fsp3) is 0.478. The van der Waals surface area contributed by atoms with Crippen molar-refractivity contribution < 1.29 is 8.42 Å². The van der Waals surface area contributed by atoms with Crippen LogP contribution in [-0.4, -0.2) is 38.5 Å². The molecule has 2 fully saturated rings. The van der Waals surface area contributed by atoms with E-state index in [4.69, 9.17) is 23.2 Å². The molecule has 2 atom stereocenters. The van der Waals surface area contributed by atoms with Gasteiger partial charge in [0, 0.05) is 17.1 Å². The van der Waals surface area contributed by atoms with Gasteiger partial charge in [0.15, 0.2) is 0 Å². The van der Waals surface area contributed by atoms with Crippen molar-refractivity contribution in [1.29, 1.82) is 0 Å². The highest BCUT2D eigenvalue weighted by molar-refractivity contribution is 7.89. The van der Waals surface area contributed by atoms with Gasteiger partial charge < -0.3 is 0 Å². The third-order valence-corrected chi connectivity index (χ3v) is 8.71. The van der Waals surface area contributed by atoms with E-state index in [1.165, 1.54) is 5.56 Å². The highest BCUT2D eigenvalue weighted by Crippen LogP contribution is 2.31. The molecule has 2 unspecified atom stereocenters. The number of nitrogens with zero attached hydrogens (tertiary/aromatic N) is 1. The summed E-state index contributed by atoms with van der Waals surface area (Å²) in [6.07, 6.45) is 6.33. The summed E-state index contributed by atoms with van der Waals surface area (Å²) in [5.74, 6) is 0.669. The minimum Gasteiger partial charge on any atom is -0.299 e. The number of sulfonamides is 1. The van der Waals surface area contributed by atoms with Gasteiger partial charge >= 0.3 is 0 Å². The first-order chi connectivity index (χ1) is 14.4. The largest absolute Gasteiger partial charge is 0.299 e. The van der Waals surface area contributed by atoms with Crippen molar-refractivity contribution >= 4 is 33.2 Å². The highest BCUT2D eigenvalue weighted by atomic mass is 35.5. The minimum absolute atomic E-state index is 0.0564. The highest BCUT2D eigenvalue weighted by Gasteiger charge is 2.36. The molecule has 30 heavy (non-hydrogen) atoms. The van der Waals surface area contributed by atoms with Crippen molar-refractivity contribution in [3.63, 3.8) is 0 Å². The van der Waals surface area contributed by atoms with E-state index in [0.29, 0.717) is 5.92 Å². The van der Waals surface area contributed by atoms with E-state index < -0.39 is 10.0 Å². The predicted octanol–water partition coefficient (Wildman–Crippen LogP) is 5.15. The van der Waals surface area contributed by atoms with Gasteiger partial charge in [-0.05, 0) is 80.9 Å². The van der Waals surface area contributed by atoms with Crippen LogP contribution in [0.4, 0.5) is 0 Å². The molecule has 0 aromatic heterocycles. The van der Waals surface area contributed by atoms with Crippen LogP contribution in [0.25, 0.3) is 0 Å². The Kier molecular flexibility index (Phi) is 7.05. The molecule has 162 valence electrons. The fourth-order valence-corrected chi connectivity index (χ4v) is 6.83. The Morgan fingerprint density at radius 1 is 0.933 bits per heavy atom. The Balaban J connectivity index is 1.35. The molecule has 2 aromatic rings. The number of piperidine rings is 1. The monoisotopic (exact) mass is 466 g/mol. The zero-order chi connectivity index (χ0) is 21.1. The van der Waals surface area contributed by atoms with Gasteiger partial charge in [-0.1, -0.05) is 53.9 Å². The minimum atomic E-state index is -3.62. The van der Waals surface area contributed by atoms with E-state index in [9.17, 15) is 8.42 Å². The summed E-state index contributed by atoms with van der Waals surface area (Å²) in [5.41, 5.74) is 1.34. The van der Waals surface area contributed by atoms with E-state index in [-0.39, 0.29) is 22.0 Å². The van der Waals surface area contributed by atoms with Crippen LogP contribution < -0.4 is 4.72 Å². The van der Waals surface area contributed by atoms with E-state index in [2.05, 4.69) is 21.8 Å². The molecule has 0 spiro atoms. The third-order valence-electron chi connectivity index (χ3n) is 6.47. The first kappa shape index (κ1) is 22.1. The molecule has 4 nitrogen and oxygen atoms in total. The topological polar surface area (TPSA) is 49.4 Å². The van der Waals surface area contributed by atoms with Crippen molar-refractivity contribution in [3.8, 4) is 0 Å². The second kappa shape index (κ2) is 9.58. The molecule has 2 aliphatic rings. The van der Waals surface area contributed by atoms with Gasteiger partial charge in [-0.15, -0.1) is 0 Å². The van der Waals surface area contributed by atoms with Crippen LogP contribution in [0.3, 0.4) is 0 Å². The molecule has 1 aliphatic carbocycles. The lowest BCUT2D eigenvalue weighted by molar-refractivity contribution is 0.122. The summed E-state index contributed by atoms with van der Waals surface area (Å²) < 4.78 is 28.7. The lowest BCUT2D eigenvalue weighted by atomic mass is 9.89. The van der Waals surface area contributed by atoms with E-state index in [0.717, 1.165) is 56.6 Å². The fourth-order valence-electron chi connectivity index (χ4n) is 4.88. The standard InChI is InChI=1S/C23H28Cl2N2O2S/c24-19-10-8-17(9-11-19)16-18-12-14-27(15-13-18)22-6-3-5-21(22)26-30(28,29)23-7-2-1-4-20(23)25/h1-2,4,7-11,18,21-22,26H,3,5-6,12-16H2. The molecule has 0 bridgehead atoms. The molecule has 1 saturated carbocycles.